The molecule has 4 rings (SSSR count). The summed E-state index contributed by atoms with van der Waals surface area (Å²) in [5.74, 6) is -0.627. The summed E-state index contributed by atoms with van der Waals surface area (Å²) in [5, 5.41) is 0. The number of benzene rings is 2. The fraction of sp³-hybridized carbons (Fsp3) is 0.286. The van der Waals surface area contributed by atoms with E-state index in [1.54, 1.807) is 48.5 Å². The number of hydrogen-bond acceptors (Lipinski definition) is 4. The molecule has 2 atom stereocenters. The van der Waals surface area contributed by atoms with Gasteiger partial charge in [0.2, 0.25) is 11.8 Å². The molecule has 2 fully saturated rings. The van der Waals surface area contributed by atoms with Gasteiger partial charge in [0.25, 0.3) is 0 Å². The third-order valence-corrected chi connectivity index (χ3v) is 5.16. The van der Waals surface area contributed by atoms with Crippen LogP contribution in [0.4, 0.5) is 5.69 Å². The quantitative estimate of drug-likeness (QED) is 0.483. The summed E-state index contributed by atoms with van der Waals surface area (Å²) in [6.07, 6.45) is 3.59. The number of nitrogens with zero attached hydrogens (tertiary/aromatic N) is 1. The van der Waals surface area contributed by atoms with Crippen molar-refractivity contribution in [3.63, 3.8) is 0 Å². The van der Waals surface area contributed by atoms with Crippen LogP contribution in [-0.2, 0) is 9.59 Å². The summed E-state index contributed by atoms with van der Waals surface area (Å²) in [7, 11) is 0. The van der Waals surface area contributed by atoms with Gasteiger partial charge in [-0.25, -0.2) is 4.79 Å². The second kappa shape index (κ2) is 6.75. The molecule has 0 unspecified atom stereocenters. The summed E-state index contributed by atoms with van der Waals surface area (Å²) in [5.41, 5.74) is 1.000. The highest BCUT2D eigenvalue weighted by atomic mass is 16.5. The molecule has 0 bridgehead atoms. The second-order valence-corrected chi connectivity index (χ2v) is 6.76. The van der Waals surface area contributed by atoms with Crippen LogP contribution >= 0.6 is 0 Å². The van der Waals surface area contributed by atoms with Crippen molar-refractivity contribution in [3.8, 4) is 5.75 Å². The molecule has 2 aromatic carbocycles. The number of ether oxygens (including phenoxy) is 1. The number of hydrogen-bond donors (Lipinski definition) is 0. The first-order valence-electron chi connectivity index (χ1n) is 8.90. The lowest BCUT2D eigenvalue weighted by Gasteiger charge is -2.19. The predicted molar refractivity (Wildman–Crippen MR) is 95.8 cm³/mol. The van der Waals surface area contributed by atoms with Crippen LogP contribution < -0.4 is 9.64 Å². The minimum atomic E-state index is -0.447. The van der Waals surface area contributed by atoms with Crippen molar-refractivity contribution >= 4 is 23.5 Å². The number of carbonyl (C=O) groups is 3. The van der Waals surface area contributed by atoms with Gasteiger partial charge in [0, 0.05) is 0 Å². The Morgan fingerprint density at radius 1 is 0.846 bits per heavy atom. The van der Waals surface area contributed by atoms with Crippen molar-refractivity contribution in [2.45, 2.75) is 25.7 Å². The molecule has 1 heterocycles. The van der Waals surface area contributed by atoms with Crippen molar-refractivity contribution in [3.05, 3.63) is 60.2 Å². The van der Waals surface area contributed by atoms with Crippen LogP contribution in [0.2, 0.25) is 0 Å². The van der Waals surface area contributed by atoms with Gasteiger partial charge in [0.1, 0.15) is 5.75 Å². The molecule has 1 aliphatic heterocycles. The Morgan fingerprint density at radius 2 is 1.42 bits per heavy atom. The number of imide groups is 1. The van der Waals surface area contributed by atoms with Crippen LogP contribution in [0.5, 0.6) is 5.75 Å². The molecule has 2 amide bonds. The van der Waals surface area contributed by atoms with E-state index in [1.165, 1.54) is 4.90 Å². The number of rotatable bonds is 3. The third kappa shape index (κ3) is 2.90. The van der Waals surface area contributed by atoms with E-state index in [9.17, 15) is 14.4 Å². The zero-order valence-electron chi connectivity index (χ0n) is 14.3. The van der Waals surface area contributed by atoms with E-state index in [0.29, 0.717) is 17.0 Å². The molecule has 5 nitrogen and oxygen atoms in total. The first-order valence-corrected chi connectivity index (χ1v) is 8.90. The lowest BCUT2D eigenvalue weighted by atomic mass is 9.81. The van der Waals surface area contributed by atoms with E-state index in [0.717, 1.165) is 25.7 Å². The van der Waals surface area contributed by atoms with Gasteiger partial charge in [0.05, 0.1) is 23.1 Å². The maximum Gasteiger partial charge on any atom is 0.343 e. The van der Waals surface area contributed by atoms with Gasteiger partial charge in [-0.15, -0.1) is 0 Å². The Hall–Kier alpha value is -2.95. The average Bonchev–Trinajstić information content (AvgIpc) is 2.94. The first-order chi connectivity index (χ1) is 12.6. The number of amides is 2. The minimum absolute atomic E-state index is 0.103. The molecule has 26 heavy (non-hydrogen) atoms. The van der Waals surface area contributed by atoms with E-state index in [4.69, 9.17) is 4.74 Å². The summed E-state index contributed by atoms with van der Waals surface area (Å²) in [6.45, 7) is 0. The average molecular weight is 349 g/mol. The van der Waals surface area contributed by atoms with Crippen molar-refractivity contribution in [2.75, 3.05) is 4.90 Å². The second-order valence-electron chi connectivity index (χ2n) is 6.76. The van der Waals surface area contributed by atoms with Gasteiger partial charge in [-0.2, -0.15) is 0 Å². The molecule has 1 aliphatic carbocycles. The summed E-state index contributed by atoms with van der Waals surface area (Å²) in [6, 6.07) is 15.2. The Kier molecular flexibility index (Phi) is 4.29. The summed E-state index contributed by atoms with van der Waals surface area (Å²) in [4.78, 5) is 38.6. The number of anilines is 1. The number of esters is 1. The smallest absolute Gasteiger partial charge is 0.343 e. The summed E-state index contributed by atoms with van der Waals surface area (Å²) < 4.78 is 5.34. The highest BCUT2D eigenvalue weighted by molar-refractivity contribution is 6.22. The Labute approximate surface area is 151 Å². The predicted octanol–water partition coefficient (Wildman–Crippen LogP) is 3.59. The van der Waals surface area contributed by atoms with E-state index < -0.39 is 5.97 Å². The van der Waals surface area contributed by atoms with Gasteiger partial charge in [-0.1, -0.05) is 31.0 Å². The third-order valence-electron chi connectivity index (χ3n) is 5.16. The largest absolute Gasteiger partial charge is 0.423 e. The monoisotopic (exact) mass is 349 g/mol. The van der Waals surface area contributed by atoms with Crippen LogP contribution in [-0.4, -0.2) is 17.8 Å². The van der Waals surface area contributed by atoms with E-state index in [-0.39, 0.29) is 23.7 Å². The molecule has 2 aromatic rings. The van der Waals surface area contributed by atoms with Crippen LogP contribution in [0.1, 0.15) is 36.0 Å². The summed E-state index contributed by atoms with van der Waals surface area (Å²) >= 11 is 0. The Morgan fingerprint density at radius 3 is 2.00 bits per heavy atom. The van der Waals surface area contributed by atoms with Gasteiger partial charge >= 0.3 is 5.97 Å². The molecule has 0 radical (unpaired) electrons. The highest BCUT2D eigenvalue weighted by Crippen LogP contribution is 2.40. The van der Waals surface area contributed by atoms with Crippen molar-refractivity contribution < 1.29 is 19.1 Å². The topological polar surface area (TPSA) is 63.7 Å². The lowest BCUT2D eigenvalue weighted by molar-refractivity contribution is -0.122. The normalized spacial score (nSPS) is 22.2. The lowest BCUT2D eigenvalue weighted by Crippen LogP contribution is -2.30. The molecule has 0 spiro atoms. The Balaban J connectivity index is 1.50. The fourth-order valence-electron chi connectivity index (χ4n) is 3.82. The molecule has 0 N–H and O–H groups in total. The van der Waals surface area contributed by atoms with Crippen molar-refractivity contribution in [1.29, 1.82) is 0 Å². The van der Waals surface area contributed by atoms with Crippen molar-refractivity contribution in [2.24, 2.45) is 11.8 Å². The molecule has 132 valence electrons. The van der Waals surface area contributed by atoms with Crippen LogP contribution in [0.3, 0.4) is 0 Å². The minimum Gasteiger partial charge on any atom is -0.423 e. The maximum absolute atomic E-state index is 12.6. The molecular formula is C21H19NO4. The molecule has 2 aliphatic rings. The van der Waals surface area contributed by atoms with Crippen LogP contribution in [0.15, 0.2) is 54.6 Å². The van der Waals surface area contributed by atoms with Gasteiger partial charge in [-0.05, 0) is 49.2 Å². The van der Waals surface area contributed by atoms with E-state index >= 15 is 0 Å². The van der Waals surface area contributed by atoms with E-state index in [2.05, 4.69) is 0 Å². The van der Waals surface area contributed by atoms with Crippen LogP contribution in [0, 0.1) is 11.8 Å². The SMILES string of the molecule is O=C(Oc1ccc(N2C(=O)[C@H]3CCCC[C@@H]3C2=O)cc1)c1ccccc1. The first kappa shape index (κ1) is 16.5. The molecule has 5 heteroatoms. The zero-order valence-corrected chi connectivity index (χ0v) is 14.3. The zero-order chi connectivity index (χ0) is 18.1. The molecule has 0 aromatic heterocycles. The van der Waals surface area contributed by atoms with Gasteiger partial charge in [-0.3, -0.25) is 14.5 Å². The maximum atomic E-state index is 12.6. The van der Waals surface area contributed by atoms with Gasteiger partial charge in [0.15, 0.2) is 0 Å². The van der Waals surface area contributed by atoms with Crippen LogP contribution in [0.25, 0.3) is 0 Å². The standard InChI is InChI=1S/C21H19NO4/c23-19-17-8-4-5-9-18(17)20(24)22(19)15-10-12-16(13-11-15)26-21(25)14-6-2-1-3-7-14/h1-3,6-7,10-13,17-18H,4-5,8-9H2/t17-,18-/m0/s1. The van der Waals surface area contributed by atoms with E-state index in [1.807, 2.05) is 6.07 Å². The fourth-order valence-corrected chi connectivity index (χ4v) is 3.82. The number of fused-ring (bicyclic) bond motifs is 1. The van der Waals surface area contributed by atoms with Crippen molar-refractivity contribution in [1.82, 2.24) is 0 Å². The number of carbonyl (C=O) groups excluding carboxylic acids is 3. The molecule has 1 saturated carbocycles. The van der Waals surface area contributed by atoms with Gasteiger partial charge < -0.3 is 4.74 Å². The highest BCUT2D eigenvalue weighted by Gasteiger charge is 2.48. The Bertz CT molecular complexity index is 820. The molecule has 1 saturated heterocycles. The molecular weight excluding hydrogens is 330 g/mol.